The maximum Gasteiger partial charge on any atom is 0.225 e. The average molecular weight is 278 g/mol. The van der Waals surface area contributed by atoms with Gasteiger partial charge >= 0.3 is 0 Å². The Hall–Kier alpha value is -2.46. The summed E-state index contributed by atoms with van der Waals surface area (Å²) in [5.74, 6) is 0.700. The Morgan fingerprint density at radius 2 is 1.86 bits per heavy atom. The van der Waals surface area contributed by atoms with Gasteiger partial charge in [-0.05, 0) is 16.8 Å². The topological polar surface area (TPSA) is 55.0 Å². The highest BCUT2D eigenvalue weighted by molar-refractivity contribution is 5.95. The molecule has 0 unspecified atom stereocenters. The Balaban J connectivity index is 2.09. The Morgan fingerprint density at radius 3 is 2.71 bits per heavy atom. The van der Waals surface area contributed by atoms with Gasteiger partial charge in [0.2, 0.25) is 5.95 Å². The number of benzene rings is 2. The molecule has 4 heteroatoms. The zero-order valence-corrected chi connectivity index (χ0v) is 12.0. The summed E-state index contributed by atoms with van der Waals surface area (Å²) in [5.41, 5.74) is 7.65. The minimum Gasteiger partial charge on any atom is -0.343 e. The van der Waals surface area contributed by atoms with Gasteiger partial charge in [-0.25, -0.2) is 9.97 Å². The second kappa shape index (κ2) is 5.89. The van der Waals surface area contributed by atoms with E-state index in [1.165, 1.54) is 10.8 Å². The van der Waals surface area contributed by atoms with Gasteiger partial charge < -0.3 is 10.6 Å². The van der Waals surface area contributed by atoms with Crippen molar-refractivity contribution in [3.63, 3.8) is 0 Å². The van der Waals surface area contributed by atoms with E-state index >= 15 is 0 Å². The fraction of sp³-hybridized carbons (Fsp3) is 0.176. The minimum atomic E-state index is 0.582. The van der Waals surface area contributed by atoms with E-state index in [9.17, 15) is 0 Å². The lowest BCUT2D eigenvalue weighted by atomic mass is 10.0. The standard InChI is InChI=1S/C17H18N4/c1-21(12-10-18)17-19-11-9-16(20-17)15-8-4-6-13-5-2-3-7-14(13)15/h2-9,11H,10,12,18H2,1H3. The normalized spacial score (nSPS) is 10.8. The van der Waals surface area contributed by atoms with Crippen molar-refractivity contribution in [1.82, 2.24) is 9.97 Å². The van der Waals surface area contributed by atoms with E-state index in [0.29, 0.717) is 12.5 Å². The van der Waals surface area contributed by atoms with Gasteiger partial charge in [0.1, 0.15) is 0 Å². The molecular weight excluding hydrogens is 260 g/mol. The van der Waals surface area contributed by atoms with Crippen LogP contribution >= 0.6 is 0 Å². The molecule has 0 atom stereocenters. The van der Waals surface area contributed by atoms with Gasteiger partial charge in [-0.3, -0.25) is 0 Å². The molecule has 0 fully saturated rings. The summed E-state index contributed by atoms with van der Waals surface area (Å²) in [6.07, 6.45) is 1.80. The van der Waals surface area contributed by atoms with E-state index in [1.807, 2.05) is 24.1 Å². The summed E-state index contributed by atoms with van der Waals surface area (Å²) >= 11 is 0. The molecule has 0 aliphatic carbocycles. The molecule has 4 nitrogen and oxygen atoms in total. The first-order chi connectivity index (χ1) is 10.3. The molecular formula is C17H18N4. The van der Waals surface area contributed by atoms with Crippen LogP contribution in [0.2, 0.25) is 0 Å². The molecule has 1 aromatic heterocycles. The third kappa shape index (κ3) is 2.71. The average Bonchev–Trinajstić information content (AvgIpc) is 2.55. The number of rotatable bonds is 4. The predicted molar refractivity (Wildman–Crippen MR) is 87.3 cm³/mol. The monoisotopic (exact) mass is 278 g/mol. The van der Waals surface area contributed by atoms with Crippen molar-refractivity contribution < 1.29 is 0 Å². The second-order valence-corrected chi connectivity index (χ2v) is 4.98. The number of fused-ring (bicyclic) bond motifs is 1. The molecule has 2 aromatic carbocycles. The van der Waals surface area contributed by atoms with Crippen molar-refractivity contribution in [2.45, 2.75) is 0 Å². The fourth-order valence-electron chi connectivity index (χ4n) is 2.42. The van der Waals surface area contributed by atoms with Gasteiger partial charge in [-0.15, -0.1) is 0 Å². The van der Waals surface area contributed by atoms with E-state index in [1.54, 1.807) is 6.20 Å². The zero-order valence-electron chi connectivity index (χ0n) is 12.0. The van der Waals surface area contributed by atoms with E-state index in [0.717, 1.165) is 17.8 Å². The Labute approximate surface area is 124 Å². The smallest absolute Gasteiger partial charge is 0.225 e. The summed E-state index contributed by atoms with van der Waals surface area (Å²) in [6, 6.07) is 16.5. The minimum absolute atomic E-state index is 0.582. The molecule has 0 aliphatic rings. The van der Waals surface area contributed by atoms with Crippen LogP contribution < -0.4 is 10.6 Å². The lowest BCUT2D eigenvalue weighted by Gasteiger charge is -2.16. The van der Waals surface area contributed by atoms with Crippen LogP contribution in [0.3, 0.4) is 0 Å². The summed E-state index contributed by atoms with van der Waals surface area (Å²) in [6.45, 7) is 1.32. The van der Waals surface area contributed by atoms with Crippen LogP contribution in [0.25, 0.3) is 22.0 Å². The molecule has 0 radical (unpaired) electrons. The highest BCUT2D eigenvalue weighted by Crippen LogP contribution is 2.27. The van der Waals surface area contributed by atoms with Crippen LogP contribution in [0, 0.1) is 0 Å². The van der Waals surface area contributed by atoms with Gasteiger partial charge in [0.25, 0.3) is 0 Å². The van der Waals surface area contributed by atoms with Crippen molar-refractivity contribution >= 4 is 16.7 Å². The molecule has 0 bridgehead atoms. The number of aromatic nitrogens is 2. The first-order valence-electron chi connectivity index (χ1n) is 7.02. The summed E-state index contributed by atoms with van der Waals surface area (Å²) in [5, 5.41) is 2.41. The molecule has 2 N–H and O–H groups in total. The molecule has 106 valence electrons. The lowest BCUT2D eigenvalue weighted by Crippen LogP contribution is -2.26. The summed E-state index contributed by atoms with van der Waals surface area (Å²) in [4.78, 5) is 11.0. The SMILES string of the molecule is CN(CCN)c1nccc(-c2cccc3ccccc23)n1. The molecule has 0 saturated carbocycles. The summed E-state index contributed by atoms with van der Waals surface area (Å²) in [7, 11) is 1.95. The summed E-state index contributed by atoms with van der Waals surface area (Å²) < 4.78 is 0. The van der Waals surface area contributed by atoms with Crippen molar-refractivity contribution in [2.75, 3.05) is 25.0 Å². The van der Waals surface area contributed by atoms with Crippen LogP contribution in [0.1, 0.15) is 0 Å². The highest BCUT2D eigenvalue weighted by Gasteiger charge is 2.08. The number of hydrogen-bond donors (Lipinski definition) is 1. The van der Waals surface area contributed by atoms with Gasteiger partial charge in [0.15, 0.2) is 0 Å². The van der Waals surface area contributed by atoms with Crippen LogP contribution in [-0.2, 0) is 0 Å². The van der Waals surface area contributed by atoms with Gasteiger partial charge in [0.05, 0.1) is 5.69 Å². The lowest BCUT2D eigenvalue weighted by molar-refractivity contribution is 0.847. The van der Waals surface area contributed by atoms with Crippen molar-refractivity contribution in [1.29, 1.82) is 0 Å². The van der Waals surface area contributed by atoms with Crippen LogP contribution in [0.5, 0.6) is 0 Å². The van der Waals surface area contributed by atoms with Crippen LogP contribution in [0.15, 0.2) is 54.7 Å². The second-order valence-electron chi connectivity index (χ2n) is 4.98. The van der Waals surface area contributed by atoms with E-state index in [-0.39, 0.29) is 0 Å². The first-order valence-corrected chi connectivity index (χ1v) is 7.02. The quantitative estimate of drug-likeness (QED) is 0.797. The third-order valence-corrected chi connectivity index (χ3v) is 3.51. The van der Waals surface area contributed by atoms with E-state index in [4.69, 9.17) is 5.73 Å². The molecule has 21 heavy (non-hydrogen) atoms. The first kappa shape index (κ1) is 13.5. The molecule has 0 aliphatic heterocycles. The van der Waals surface area contributed by atoms with Gasteiger partial charge in [-0.1, -0.05) is 42.5 Å². The fourth-order valence-corrected chi connectivity index (χ4v) is 2.42. The zero-order chi connectivity index (χ0) is 14.7. The molecule has 0 amide bonds. The van der Waals surface area contributed by atoms with Crippen LogP contribution in [-0.4, -0.2) is 30.1 Å². The number of hydrogen-bond acceptors (Lipinski definition) is 4. The largest absolute Gasteiger partial charge is 0.343 e. The highest BCUT2D eigenvalue weighted by atomic mass is 15.2. The van der Waals surface area contributed by atoms with Gasteiger partial charge in [0, 0.05) is 31.9 Å². The molecule has 0 saturated heterocycles. The third-order valence-electron chi connectivity index (χ3n) is 3.51. The van der Waals surface area contributed by atoms with E-state index < -0.39 is 0 Å². The predicted octanol–water partition coefficient (Wildman–Crippen LogP) is 2.69. The van der Waals surface area contributed by atoms with E-state index in [2.05, 4.69) is 46.4 Å². The molecule has 0 spiro atoms. The number of nitrogens with two attached hydrogens (primary N) is 1. The molecule has 1 heterocycles. The van der Waals surface area contributed by atoms with Crippen molar-refractivity contribution in [3.05, 3.63) is 54.7 Å². The van der Waals surface area contributed by atoms with Crippen LogP contribution in [0.4, 0.5) is 5.95 Å². The number of likely N-dealkylation sites (N-methyl/N-ethyl adjacent to an activating group) is 1. The van der Waals surface area contributed by atoms with Gasteiger partial charge in [-0.2, -0.15) is 0 Å². The van der Waals surface area contributed by atoms with Crippen molar-refractivity contribution in [2.24, 2.45) is 5.73 Å². The maximum absolute atomic E-state index is 5.59. The molecule has 3 rings (SSSR count). The number of anilines is 1. The number of nitrogens with zero attached hydrogens (tertiary/aromatic N) is 3. The Morgan fingerprint density at radius 1 is 1.05 bits per heavy atom. The van der Waals surface area contributed by atoms with Crippen molar-refractivity contribution in [3.8, 4) is 11.3 Å². The Bertz CT molecular complexity index is 749. The maximum atomic E-state index is 5.59. The molecule has 3 aromatic rings. The Kier molecular flexibility index (Phi) is 3.79.